The predicted octanol–water partition coefficient (Wildman–Crippen LogP) is 4.89. The van der Waals surface area contributed by atoms with E-state index in [-0.39, 0.29) is 59.1 Å². The molecule has 0 atom stereocenters. The van der Waals surface area contributed by atoms with Gasteiger partial charge < -0.3 is 24.0 Å². The van der Waals surface area contributed by atoms with Crippen LogP contribution >= 0.6 is 7.82 Å². The van der Waals surface area contributed by atoms with Gasteiger partial charge in [-0.1, -0.05) is 154 Å². The summed E-state index contributed by atoms with van der Waals surface area (Å²) in [5, 5.41) is 0. The summed E-state index contributed by atoms with van der Waals surface area (Å²) in [6.45, 7) is 6.54. The molecule has 0 aliphatic rings. The Bertz CT molecular complexity index is 551. The van der Waals surface area contributed by atoms with Gasteiger partial charge in [-0.2, -0.15) is 0 Å². The number of phosphoric acid groups is 1. The zero-order chi connectivity index (χ0) is 31.2. The molecule has 1 N–H and O–H groups in total. The van der Waals surface area contributed by atoms with E-state index >= 15 is 0 Å². The number of rotatable bonds is 32. The number of hydrogen-bond acceptors (Lipinski definition) is 4. The van der Waals surface area contributed by atoms with Gasteiger partial charge in [0.1, 0.15) is 0 Å². The van der Waals surface area contributed by atoms with E-state index in [1.165, 1.54) is 180 Å². The predicted molar refractivity (Wildman–Crippen MR) is 180 cm³/mol. The van der Waals surface area contributed by atoms with E-state index in [0.717, 1.165) is 13.2 Å². The molecule has 0 aromatic rings. The molecule has 0 amide bonds. The third-order valence-corrected chi connectivity index (χ3v) is 7.60. The Morgan fingerprint density at radius 1 is 0.455 bits per heavy atom. The minimum atomic E-state index is -5.14. The maximum absolute atomic E-state index is 8.66. The Morgan fingerprint density at radius 2 is 0.659 bits per heavy atom. The van der Waals surface area contributed by atoms with E-state index < -0.39 is 7.82 Å². The van der Waals surface area contributed by atoms with E-state index in [2.05, 4.69) is 38.2 Å². The van der Waals surface area contributed by atoms with Crippen molar-refractivity contribution >= 4 is 7.82 Å². The third-order valence-electron chi connectivity index (χ3n) is 7.60. The van der Waals surface area contributed by atoms with Crippen molar-refractivity contribution in [2.75, 3.05) is 13.2 Å². The molecule has 0 bridgehead atoms. The largest absolute Gasteiger partial charge is 1.00 e. The fourth-order valence-corrected chi connectivity index (χ4v) is 5.01. The standard InChI is InChI=1S/C36H70O.2Na.H3O4P/c1-3-5-7-9-11-13-15-17-19-21-23-25-27-29-31-33-35-37-36-34-32-30-28-26-24-22-20-18-16-14-12-10-8-6-4-2;;;1-5(2,3)4/h17-20H,3-16,21-36H2,1-2H3;;;(H3,1,2,3,4)/q;2*+1;/p-2. The maximum atomic E-state index is 8.66. The number of ether oxygens (including phenoxy) is 1. The van der Waals surface area contributed by atoms with Gasteiger partial charge in [0.25, 0.3) is 0 Å². The van der Waals surface area contributed by atoms with Crippen molar-refractivity contribution in [3.8, 4) is 0 Å². The molecule has 0 saturated heterocycles. The quantitative estimate of drug-likeness (QED) is 0.0480. The number of unbranched alkanes of at least 4 members (excludes halogenated alkanes) is 24. The Kier molecular flexibility index (Phi) is 55.5. The van der Waals surface area contributed by atoms with Crippen molar-refractivity contribution in [2.45, 2.75) is 194 Å². The average molecular weight is 661 g/mol. The summed E-state index contributed by atoms with van der Waals surface area (Å²) in [6.07, 6.45) is 48.1. The van der Waals surface area contributed by atoms with E-state index in [4.69, 9.17) is 24.0 Å². The molecule has 0 radical (unpaired) electrons. The summed E-state index contributed by atoms with van der Waals surface area (Å²) in [4.78, 5) is 24.3. The first kappa shape index (κ1) is 52.4. The molecule has 0 saturated carbocycles. The van der Waals surface area contributed by atoms with Crippen LogP contribution in [0.1, 0.15) is 194 Å². The summed E-state index contributed by atoms with van der Waals surface area (Å²) in [5.41, 5.74) is 0. The van der Waals surface area contributed by atoms with Crippen molar-refractivity contribution in [3.05, 3.63) is 24.3 Å². The van der Waals surface area contributed by atoms with Crippen LogP contribution in [0.25, 0.3) is 0 Å². The van der Waals surface area contributed by atoms with Crippen molar-refractivity contribution in [3.63, 3.8) is 0 Å². The summed E-state index contributed by atoms with van der Waals surface area (Å²) in [7, 11) is -5.14. The van der Waals surface area contributed by atoms with Gasteiger partial charge >= 0.3 is 59.1 Å². The zero-order valence-corrected chi connectivity index (χ0v) is 34.9. The van der Waals surface area contributed by atoms with Crippen LogP contribution in [0.4, 0.5) is 0 Å². The van der Waals surface area contributed by atoms with Crippen LogP contribution in [0.15, 0.2) is 24.3 Å². The summed E-state index contributed by atoms with van der Waals surface area (Å²) >= 11 is 0. The molecule has 0 aliphatic heterocycles. The summed E-state index contributed by atoms with van der Waals surface area (Å²) in [6, 6.07) is 0. The summed E-state index contributed by atoms with van der Waals surface area (Å²) in [5.74, 6) is 0. The van der Waals surface area contributed by atoms with Gasteiger partial charge in [-0.25, -0.2) is 0 Å². The fourth-order valence-electron chi connectivity index (χ4n) is 5.01. The van der Waals surface area contributed by atoms with E-state index in [0.29, 0.717) is 0 Å². The maximum Gasteiger partial charge on any atom is 1.00 e. The first-order chi connectivity index (χ1) is 20.4. The van der Waals surface area contributed by atoms with Crippen LogP contribution in [0, 0.1) is 0 Å². The Balaban J connectivity index is -0.00000105. The van der Waals surface area contributed by atoms with Crippen LogP contribution < -0.4 is 68.9 Å². The second-order valence-electron chi connectivity index (χ2n) is 12.0. The molecule has 0 rings (SSSR count). The van der Waals surface area contributed by atoms with E-state index in [1.807, 2.05) is 0 Å². The van der Waals surface area contributed by atoms with Gasteiger partial charge in [0.2, 0.25) is 0 Å². The summed E-state index contributed by atoms with van der Waals surface area (Å²) < 4.78 is 14.5. The molecule has 44 heavy (non-hydrogen) atoms. The monoisotopic (exact) mass is 660 g/mol. The molecule has 0 aromatic heterocycles. The van der Waals surface area contributed by atoms with Gasteiger partial charge in [-0.05, 0) is 64.2 Å². The third kappa shape index (κ3) is 62.4. The van der Waals surface area contributed by atoms with Crippen LogP contribution in [-0.2, 0) is 9.30 Å². The van der Waals surface area contributed by atoms with Gasteiger partial charge in [-0.15, -0.1) is 0 Å². The Labute approximate surface area is 319 Å². The zero-order valence-electron chi connectivity index (χ0n) is 30.1. The average Bonchev–Trinajstić information content (AvgIpc) is 2.94. The van der Waals surface area contributed by atoms with Crippen molar-refractivity contribution < 1.29 is 83.1 Å². The molecule has 0 fully saturated rings. The molecule has 0 spiro atoms. The second kappa shape index (κ2) is 46.7. The molecule has 252 valence electrons. The Hall–Kier alpha value is 1.55. The van der Waals surface area contributed by atoms with Crippen molar-refractivity contribution in [1.29, 1.82) is 0 Å². The molecule has 5 nitrogen and oxygen atoms in total. The first-order valence-electron chi connectivity index (χ1n) is 18.0. The molecular weight excluding hydrogens is 589 g/mol. The van der Waals surface area contributed by atoms with Gasteiger partial charge in [0, 0.05) is 13.2 Å². The molecule has 0 heterocycles. The molecule has 0 unspecified atom stereocenters. The minimum absolute atomic E-state index is 0. The Morgan fingerprint density at radius 3 is 0.909 bits per heavy atom. The normalized spacial score (nSPS) is 11.4. The van der Waals surface area contributed by atoms with Crippen molar-refractivity contribution in [1.82, 2.24) is 0 Å². The van der Waals surface area contributed by atoms with Gasteiger partial charge in [0.15, 0.2) is 0 Å². The van der Waals surface area contributed by atoms with Gasteiger partial charge in [0.05, 0.1) is 7.82 Å². The number of hydrogen-bond donors (Lipinski definition) is 1. The van der Waals surface area contributed by atoms with Crippen molar-refractivity contribution in [2.24, 2.45) is 0 Å². The van der Waals surface area contributed by atoms with Crippen LogP contribution in [0.3, 0.4) is 0 Å². The fraction of sp³-hybridized carbons (Fsp3) is 0.889. The van der Waals surface area contributed by atoms with Crippen LogP contribution in [-0.4, -0.2) is 18.1 Å². The smallest absolute Gasteiger partial charge is 0.790 e. The molecule has 0 aromatic carbocycles. The van der Waals surface area contributed by atoms with Crippen LogP contribution in [0.5, 0.6) is 0 Å². The van der Waals surface area contributed by atoms with Gasteiger partial charge in [-0.3, -0.25) is 0 Å². The molecular formula is C36H71Na2O5P. The first-order valence-corrected chi connectivity index (χ1v) is 19.5. The van der Waals surface area contributed by atoms with Crippen LogP contribution in [0.2, 0.25) is 0 Å². The SMILES string of the molecule is CCCCCCCCC=CCCCCCCCCOCCCCCCCCC=CCCCCCCCC.O=P([O-])([O-])O.[Na+].[Na+]. The van der Waals surface area contributed by atoms with E-state index in [1.54, 1.807) is 0 Å². The minimum Gasteiger partial charge on any atom is -0.790 e. The van der Waals surface area contributed by atoms with E-state index in [9.17, 15) is 0 Å². The number of allylic oxidation sites excluding steroid dienone is 4. The topological polar surface area (TPSA) is 92.7 Å². The second-order valence-corrected chi connectivity index (χ2v) is 12.9. The molecule has 8 heteroatoms. The molecule has 0 aliphatic carbocycles.